The van der Waals surface area contributed by atoms with Crippen LogP contribution in [0.15, 0.2) is 6.20 Å². The molecule has 1 fully saturated rings. The molecule has 7 heteroatoms. The number of aryl methyl sites for hydroxylation is 1. The van der Waals surface area contributed by atoms with Crippen molar-refractivity contribution < 1.29 is 14.7 Å². The predicted octanol–water partition coefficient (Wildman–Crippen LogP) is 2.46. The van der Waals surface area contributed by atoms with Crippen LogP contribution in [0.5, 0.6) is 0 Å². The molecule has 0 aromatic carbocycles. The van der Waals surface area contributed by atoms with Crippen molar-refractivity contribution in [1.29, 1.82) is 0 Å². The number of carboxylic acids is 1. The van der Waals surface area contributed by atoms with E-state index in [9.17, 15) is 9.59 Å². The molecule has 1 unspecified atom stereocenters. The van der Waals surface area contributed by atoms with E-state index in [2.05, 4.69) is 15.6 Å². The Hall–Kier alpha value is -1.63. The van der Waals surface area contributed by atoms with Gasteiger partial charge in [-0.25, -0.2) is 9.78 Å². The van der Waals surface area contributed by atoms with Crippen LogP contribution in [0.2, 0.25) is 0 Å². The van der Waals surface area contributed by atoms with Gasteiger partial charge in [-0.2, -0.15) is 0 Å². The number of carboxylic acid groups (broad SMARTS) is 1. The van der Waals surface area contributed by atoms with Crippen LogP contribution in [0.3, 0.4) is 0 Å². The van der Waals surface area contributed by atoms with Gasteiger partial charge < -0.3 is 15.7 Å². The van der Waals surface area contributed by atoms with Gasteiger partial charge in [0.25, 0.3) is 0 Å². The van der Waals surface area contributed by atoms with Crippen molar-refractivity contribution in [2.75, 3.05) is 6.54 Å². The van der Waals surface area contributed by atoms with Crippen molar-refractivity contribution in [3.05, 3.63) is 16.1 Å². The fraction of sp³-hybridized carbons (Fsp3) is 0.643. The number of urea groups is 1. The van der Waals surface area contributed by atoms with Crippen molar-refractivity contribution in [3.63, 3.8) is 0 Å². The Balaban J connectivity index is 1.80. The Morgan fingerprint density at radius 3 is 2.71 bits per heavy atom. The Bertz CT molecular complexity index is 525. The second-order valence-corrected chi connectivity index (χ2v) is 7.05. The molecule has 1 atom stereocenters. The summed E-state index contributed by atoms with van der Waals surface area (Å²) in [6.07, 6.45) is 4.66. The van der Waals surface area contributed by atoms with E-state index in [1.165, 1.54) is 0 Å². The standard InChI is InChI=1S/C14H21N3O3S/c1-9-7-15-12(21-9)10(2)17-13(20)16-8-14(4-3-5-14)6-11(18)19/h7,10H,3-6,8H2,1-2H3,(H,18,19)(H2,16,17,20). The number of nitrogens with zero attached hydrogens (tertiary/aromatic N) is 1. The molecule has 21 heavy (non-hydrogen) atoms. The van der Waals surface area contributed by atoms with Gasteiger partial charge >= 0.3 is 12.0 Å². The van der Waals surface area contributed by atoms with Gasteiger partial charge in [-0.1, -0.05) is 6.42 Å². The molecule has 3 N–H and O–H groups in total. The molecule has 0 bridgehead atoms. The average molecular weight is 311 g/mol. The Morgan fingerprint density at radius 2 is 2.24 bits per heavy atom. The Labute approximate surface area is 128 Å². The highest BCUT2D eigenvalue weighted by Gasteiger charge is 2.39. The molecule has 2 rings (SSSR count). The first kappa shape index (κ1) is 15.8. The van der Waals surface area contributed by atoms with E-state index in [0.29, 0.717) is 6.54 Å². The lowest BCUT2D eigenvalue weighted by Gasteiger charge is -2.40. The largest absolute Gasteiger partial charge is 0.481 e. The van der Waals surface area contributed by atoms with E-state index in [4.69, 9.17) is 5.11 Å². The van der Waals surface area contributed by atoms with Crippen LogP contribution in [0.4, 0.5) is 4.79 Å². The van der Waals surface area contributed by atoms with E-state index < -0.39 is 5.97 Å². The third-order valence-electron chi connectivity index (χ3n) is 3.92. The maximum absolute atomic E-state index is 11.9. The zero-order valence-electron chi connectivity index (χ0n) is 12.3. The molecule has 1 heterocycles. The average Bonchev–Trinajstić information content (AvgIpc) is 2.79. The van der Waals surface area contributed by atoms with E-state index in [-0.39, 0.29) is 23.9 Å². The van der Waals surface area contributed by atoms with E-state index in [1.807, 2.05) is 13.8 Å². The molecular formula is C14H21N3O3S. The van der Waals surface area contributed by atoms with Crippen molar-refractivity contribution in [1.82, 2.24) is 15.6 Å². The highest BCUT2D eigenvalue weighted by molar-refractivity contribution is 7.11. The number of hydrogen-bond donors (Lipinski definition) is 3. The predicted molar refractivity (Wildman–Crippen MR) is 80.3 cm³/mol. The summed E-state index contributed by atoms with van der Waals surface area (Å²) in [5.41, 5.74) is -0.260. The molecule has 1 saturated carbocycles. The summed E-state index contributed by atoms with van der Waals surface area (Å²) < 4.78 is 0. The maximum Gasteiger partial charge on any atom is 0.315 e. The smallest absolute Gasteiger partial charge is 0.315 e. The zero-order chi connectivity index (χ0) is 15.5. The number of carbonyl (C=O) groups is 2. The van der Waals surface area contributed by atoms with Crippen LogP contribution in [0.1, 0.15) is 48.5 Å². The molecule has 116 valence electrons. The maximum atomic E-state index is 11.9. The summed E-state index contributed by atoms with van der Waals surface area (Å²) in [5.74, 6) is -0.802. The Morgan fingerprint density at radius 1 is 1.52 bits per heavy atom. The minimum Gasteiger partial charge on any atom is -0.481 e. The van der Waals surface area contributed by atoms with Crippen LogP contribution >= 0.6 is 11.3 Å². The highest BCUT2D eigenvalue weighted by Crippen LogP contribution is 2.43. The van der Waals surface area contributed by atoms with Gasteiger partial charge in [0.05, 0.1) is 12.5 Å². The fourth-order valence-electron chi connectivity index (χ4n) is 2.56. The molecule has 1 aliphatic carbocycles. The van der Waals surface area contributed by atoms with Gasteiger partial charge in [-0.15, -0.1) is 11.3 Å². The topological polar surface area (TPSA) is 91.3 Å². The molecule has 1 aromatic heterocycles. The summed E-state index contributed by atoms with van der Waals surface area (Å²) in [6, 6.07) is -0.424. The van der Waals surface area contributed by atoms with Crippen molar-refractivity contribution in [3.8, 4) is 0 Å². The van der Waals surface area contributed by atoms with E-state index in [0.717, 1.165) is 29.1 Å². The van der Waals surface area contributed by atoms with Crippen molar-refractivity contribution >= 4 is 23.3 Å². The second-order valence-electron chi connectivity index (χ2n) is 5.78. The lowest BCUT2D eigenvalue weighted by Crippen LogP contribution is -2.47. The van der Waals surface area contributed by atoms with Gasteiger partial charge in [0.1, 0.15) is 5.01 Å². The number of amides is 2. The number of hydrogen-bond acceptors (Lipinski definition) is 4. The van der Waals surface area contributed by atoms with Gasteiger partial charge in [-0.05, 0) is 32.1 Å². The molecule has 0 spiro atoms. The van der Waals surface area contributed by atoms with E-state index in [1.54, 1.807) is 17.5 Å². The highest BCUT2D eigenvalue weighted by atomic mass is 32.1. The first-order chi connectivity index (χ1) is 9.90. The van der Waals surface area contributed by atoms with Gasteiger partial charge in [0.15, 0.2) is 0 Å². The second kappa shape index (κ2) is 6.43. The van der Waals surface area contributed by atoms with Crippen molar-refractivity contribution in [2.45, 2.75) is 45.6 Å². The summed E-state index contributed by atoms with van der Waals surface area (Å²) >= 11 is 1.55. The van der Waals surface area contributed by atoms with Gasteiger partial charge in [0.2, 0.25) is 0 Å². The van der Waals surface area contributed by atoms with Crippen LogP contribution in [-0.2, 0) is 4.79 Å². The molecule has 0 saturated heterocycles. The van der Waals surface area contributed by atoms with Crippen LogP contribution in [-0.4, -0.2) is 28.6 Å². The first-order valence-electron chi connectivity index (χ1n) is 7.09. The monoisotopic (exact) mass is 311 g/mol. The number of carbonyl (C=O) groups excluding carboxylic acids is 1. The molecular weight excluding hydrogens is 290 g/mol. The third kappa shape index (κ3) is 4.17. The quantitative estimate of drug-likeness (QED) is 0.752. The molecule has 1 aromatic rings. The summed E-state index contributed by atoms with van der Waals surface area (Å²) in [5, 5.41) is 15.4. The fourth-order valence-corrected chi connectivity index (χ4v) is 3.34. The molecule has 0 aliphatic heterocycles. The number of aliphatic carboxylic acids is 1. The molecule has 6 nitrogen and oxygen atoms in total. The van der Waals surface area contributed by atoms with Crippen LogP contribution in [0, 0.1) is 12.3 Å². The minimum atomic E-state index is -0.802. The van der Waals surface area contributed by atoms with E-state index >= 15 is 0 Å². The third-order valence-corrected chi connectivity index (χ3v) is 5.02. The zero-order valence-corrected chi connectivity index (χ0v) is 13.1. The summed E-state index contributed by atoms with van der Waals surface area (Å²) in [7, 11) is 0. The molecule has 1 aliphatic rings. The summed E-state index contributed by atoms with van der Waals surface area (Å²) in [6.45, 7) is 4.27. The first-order valence-corrected chi connectivity index (χ1v) is 7.90. The normalized spacial score (nSPS) is 17.6. The lowest BCUT2D eigenvalue weighted by atomic mass is 9.66. The number of nitrogens with one attached hydrogen (secondary N) is 2. The van der Waals surface area contributed by atoms with Crippen LogP contribution in [0.25, 0.3) is 0 Å². The summed E-state index contributed by atoms with van der Waals surface area (Å²) in [4.78, 5) is 28.1. The molecule has 0 radical (unpaired) electrons. The van der Waals surface area contributed by atoms with Gasteiger partial charge in [0, 0.05) is 17.6 Å². The van der Waals surface area contributed by atoms with Crippen molar-refractivity contribution in [2.24, 2.45) is 5.41 Å². The van der Waals surface area contributed by atoms with Gasteiger partial charge in [-0.3, -0.25) is 4.79 Å². The number of thiazole rings is 1. The Kier molecular flexibility index (Phi) is 4.82. The number of aromatic nitrogens is 1. The number of rotatable bonds is 6. The molecule has 2 amide bonds. The lowest BCUT2D eigenvalue weighted by molar-refractivity contribution is -0.141. The minimum absolute atomic E-state index is 0.120. The SMILES string of the molecule is Cc1cnc(C(C)NC(=O)NCC2(CC(=O)O)CCC2)s1. The van der Waals surface area contributed by atoms with Crippen LogP contribution < -0.4 is 10.6 Å².